The first-order chi connectivity index (χ1) is 8.67. The van der Waals surface area contributed by atoms with Gasteiger partial charge in [0, 0.05) is 19.6 Å². The fourth-order valence-electron chi connectivity index (χ4n) is 1.63. The van der Waals surface area contributed by atoms with Crippen molar-refractivity contribution in [3.63, 3.8) is 0 Å². The summed E-state index contributed by atoms with van der Waals surface area (Å²) in [5.41, 5.74) is 1.26. The smallest absolute Gasteiger partial charge is 0.132 e. The van der Waals surface area contributed by atoms with Crippen molar-refractivity contribution in [2.45, 2.75) is 6.92 Å². The van der Waals surface area contributed by atoms with Crippen molar-refractivity contribution in [2.75, 3.05) is 26.2 Å². The van der Waals surface area contributed by atoms with Crippen LogP contribution in [0.5, 0.6) is 5.75 Å². The Kier molecular flexibility index (Phi) is 7.05. The second-order valence-electron chi connectivity index (χ2n) is 4.12. The predicted octanol–water partition coefficient (Wildman–Crippen LogP) is 3.65. The zero-order valence-corrected chi connectivity index (χ0v) is 13.0. The molecule has 0 fully saturated rings. The van der Waals surface area contributed by atoms with E-state index in [1.807, 2.05) is 18.2 Å². The predicted molar refractivity (Wildman–Crippen MR) is 86.2 cm³/mol. The van der Waals surface area contributed by atoms with Crippen molar-refractivity contribution in [2.24, 2.45) is 0 Å². The molecule has 3 heteroatoms. The third-order valence-corrected chi connectivity index (χ3v) is 3.37. The van der Waals surface area contributed by atoms with Crippen LogP contribution in [0.1, 0.15) is 5.56 Å². The van der Waals surface area contributed by atoms with E-state index in [9.17, 15) is 0 Å². The number of rotatable bonds is 8. The molecule has 2 nitrogen and oxygen atoms in total. The molecule has 0 amide bonds. The number of hydrogen-bond acceptors (Lipinski definition) is 2. The highest BCUT2D eigenvalue weighted by Gasteiger charge is 2.03. The lowest BCUT2D eigenvalue weighted by atomic mass is 10.2. The van der Waals surface area contributed by atoms with Gasteiger partial charge in [-0.1, -0.05) is 18.2 Å². The SMILES string of the molecule is C=CCN(CC=C)CCOc1ccc(C)cc1I. The Bertz CT molecular complexity index is 393. The minimum atomic E-state index is 0.681. The summed E-state index contributed by atoms with van der Waals surface area (Å²) in [5.74, 6) is 0.957. The summed E-state index contributed by atoms with van der Waals surface area (Å²) in [6.45, 7) is 12.9. The van der Waals surface area contributed by atoms with Gasteiger partial charge in [-0.2, -0.15) is 0 Å². The summed E-state index contributed by atoms with van der Waals surface area (Å²) < 4.78 is 6.96. The van der Waals surface area contributed by atoms with E-state index in [1.165, 1.54) is 5.56 Å². The summed E-state index contributed by atoms with van der Waals surface area (Å²) in [7, 11) is 0. The van der Waals surface area contributed by atoms with Crippen molar-refractivity contribution in [3.05, 3.63) is 52.6 Å². The maximum absolute atomic E-state index is 5.80. The molecule has 0 saturated heterocycles. The molecule has 0 bridgehead atoms. The van der Waals surface area contributed by atoms with Gasteiger partial charge in [0.25, 0.3) is 0 Å². The first-order valence-corrected chi connectivity index (χ1v) is 7.08. The molecule has 98 valence electrons. The van der Waals surface area contributed by atoms with E-state index in [1.54, 1.807) is 0 Å². The largest absolute Gasteiger partial charge is 0.491 e. The van der Waals surface area contributed by atoms with Gasteiger partial charge in [-0.15, -0.1) is 13.2 Å². The second-order valence-corrected chi connectivity index (χ2v) is 5.28. The first kappa shape index (κ1) is 15.2. The quantitative estimate of drug-likeness (QED) is 0.520. The summed E-state index contributed by atoms with van der Waals surface area (Å²) in [6.07, 6.45) is 3.80. The minimum absolute atomic E-state index is 0.681. The van der Waals surface area contributed by atoms with Crippen LogP contribution in [0, 0.1) is 10.5 Å². The standard InChI is InChI=1S/C15H20INO/c1-4-8-17(9-5-2)10-11-18-15-7-6-13(3)12-14(15)16/h4-7,12H,1-2,8-11H2,3H3. The summed E-state index contributed by atoms with van der Waals surface area (Å²) in [6, 6.07) is 6.23. The molecule has 0 spiro atoms. The number of halogens is 1. The molecule has 0 aliphatic heterocycles. The Morgan fingerprint density at radius 2 is 1.94 bits per heavy atom. The molecule has 0 unspecified atom stereocenters. The highest BCUT2D eigenvalue weighted by molar-refractivity contribution is 14.1. The van der Waals surface area contributed by atoms with Gasteiger partial charge in [-0.25, -0.2) is 0 Å². The molecule has 1 aromatic carbocycles. The Hall–Kier alpha value is -0.810. The molecule has 0 heterocycles. The van der Waals surface area contributed by atoms with Gasteiger partial charge in [0.05, 0.1) is 3.57 Å². The maximum atomic E-state index is 5.80. The lowest BCUT2D eigenvalue weighted by molar-refractivity contribution is 0.235. The van der Waals surface area contributed by atoms with Crippen LogP contribution in [0.3, 0.4) is 0 Å². The molecular formula is C15H20INO. The topological polar surface area (TPSA) is 12.5 Å². The van der Waals surface area contributed by atoms with Crippen LogP contribution in [-0.2, 0) is 0 Å². The molecule has 0 aliphatic rings. The second kappa shape index (κ2) is 8.32. The highest BCUT2D eigenvalue weighted by atomic mass is 127. The average molecular weight is 357 g/mol. The summed E-state index contributed by atoms with van der Waals surface area (Å²) >= 11 is 2.31. The maximum Gasteiger partial charge on any atom is 0.132 e. The van der Waals surface area contributed by atoms with Crippen LogP contribution in [0.15, 0.2) is 43.5 Å². The van der Waals surface area contributed by atoms with Crippen molar-refractivity contribution in [3.8, 4) is 5.75 Å². The molecule has 0 saturated carbocycles. The third kappa shape index (κ3) is 5.23. The Labute approximate surface area is 123 Å². The van der Waals surface area contributed by atoms with Crippen LogP contribution in [0.4, 0.5) is 0 Å². The minimum Gasteiger partial charge on any atom is -0.491 e. The molecule has 0 N–H and O–H groups in total. The van der Waals surface area contributed by atoms with E-state index in [0.717, 1.165) is 29.0 Å². The number of hydrogen-bond donors (Lipinski definition) is 0. The van der Waals surface area contributed by atoms with Crippen molar-refractivity contribution in [1.82, 2.24) is 4.90 Å². The van der Waals surface area contributed by atoms with E-state index >= 15 is 0 Å². The first-order valence-electron chi connectivity index (χ1n) is 6.00. The van der Waals surface area contributed by atoms with Gasteiger partial charge in [0.1, 0.15) is 12.4 Å². The zero-order chi connectivity index (χ0) is 13.4. The van der Waals surface area contributed by atoms with Gasteiger partial charge < -0.3 is 4.74 Å². The highest BCUT2D eigenvalue weighted by Crippen LogP contribution is 2.21. The van der Waals surface area contributed by atoms with E-state index < -0.39 is 0 Å². The molecule has 0 aliphatic carbocycles. The summed E-state index contributed by atoms with van der Waals surface area (Å²) in [4.78, 5) is 2.24. The van der Waals surface area contributed by atoms with Crippen LogP contribution in [0.2, 0.25) is 0 Å². The third-order valence-electron chi connectivity index (χ3n) is 2.53. The van der Waals surface area contributed by atoms with E-state index in [0.29, 0.717) is 6.61 Å². The van der Waals surface area contributed by atoms with Crippen LogP contribution < -0.4 is 4.74 Å². The van der Waals surface area contributed by atoms with Gasteiger partial charge in [0.2, 0.25) is 0 Å². The van der Waals surface area contributed by atoms with Crippen LogP contribution in [-0.4, -0.2) is 31.1 Å². The molecule has 18 heavy (non-hydrogen) atoms. The average Bonchev–Trinajstić information content (AvgIpc) is 2.32. The summed E-state index contributed by atoms with van der Waals surface area (Å²) in [5, 5.41) is 0. The van der Waals surface area contributed by atoms with Gasteiger partial charge in [0.15, 0.2) is 0 Å². The molecule has 1 rings (SSSR count). The van der Waals surface area contributed by atoms with E-state index in [-0.39, 0.29) is 0 Å². The van der Waals surface area contributed by atoms with E-state index in [4.69, 9.17) is 4.74 Å². The van der Waals surface area contributed by atoms with Gasteiger partial charge in [-0.05, 0) is 47.2 Å². The van der Waals surface area contributed by atoms with Gasteiger partial charge in [-0.3, -0.25) is 4.90 Å². The molecule has 1 aromatic rings. The Morgan fingerprint density at radius 1 is 1.28 bits per heavy atom. The number of benzene rings is 1. The molecule has 0 radical (unpaired) electrons. The Morgan fingerprint density at radius 3 is 2.50 bits per heavy atom. The lowest BCUT2D eigenvalue weighted by Gasteiger charge is -2.19. The van der Waals surface area contributed by atoms with Crippen molar-refractivity contribution < 1.29 is 4.74 Å². The fourth-order valence-corrected chi connectivity index (χ4v) is 2.46. The van der Waals surface area contributed by atoms with Crippen molar-refractivity contribution in [1.29, 1.82) is 0 Å². The number of ether oxygens (including phenoxy) is 1. The van der Waals surface area contributed by atoms with Crippen LogP contribution in [0.25, 0.3) is 0 Å². The van der Waals surface area contributed by atoms with Gasteiger partial charge >= 0.3 is 0 Å². The number of nitrogens with zero attached hydrogens (tertiary/aromatic N) is 1. The normalized spacial score (nSPS) is 10.4. The molecular weight excluding hydrogens is 337 g/mol. The number of aryl methyl sites for hydroxylation is 1. The lowest BCUT2D eigenvalue weighted by Crippen LogP contribution is -2.28. The fraction of sp³-hybridized carbons (Fsp3) is 0.333. The monoisotopic (exact) mass is 357 g/mol. The van der Waals surface area contributed by atoms with Crippen LogP contribution >= 0.6 is 22.6 Å². The molecule has 0 aromatic heterocycles. The van der Waals surface area contributed by atoms with E-state index in [2.05, 4.69) is 59.7 Å². The molecule has 0 atom stereocenters. The Balaban J connectivity index is 2.44. The van der Waals surface area contributed by atoms with Crippen molar-refractivity contribution >= 4 is 22.6 Å². The zero-order valence-electron chi connectivity index (χ0n) is 10.9.